The largest absolute Gasteiger partial charge is 0.388 e. The number of nitrogens with one attached hydrogen (secondary N) is 3. The number of nitrogens with zero attached hydrogens (tertiary/aromatic N) is 3. The van der Waals surface area contributed by atoms with E-state index in [1.54, 1.807) is 13.2 Å². The molecular weight excluding hydrogens is 411 g/mol. The standard InChI is InChI=1S/C23H35FN6O2/c1-14(15-7-9-16(10-8-15)17-11-12-26-29(17)6)27-28-21-19(24)18(31)13-30(21)22(32)20(25-5)23(2,3)4/h7-12,14,18-21,25,27-28,31H,13H2,1-6H3/t14-,18-,19-,20+,21-/m0/s1. The van der Waals surface area contributed by atoms with Gasteiger partial charge in [-0.25, -0.2) is 15.2 Å². The molecule has 32 heavy (non-hydrogen) atoms. The number of β-amino-alcohol motifs (C(OH)–C–C–N with tert-alkyl or cyclic N) is 1. The van der Waals surface area contributed by atoms with Gasteiger partial charge < -0.3 is 15.3 Å². The second-order valence-electron chi connectivity index (χ2n) is 9.51. The van der Waals surface area contributed by atoms with Crippen LogP contribution in [0.25, 0.3) is 11.3 Å². The fourth-order valence-electron chi connectivity index (χ4n) is 4.17. The van der Waals surface area contributed by atoms with Crippen molar-refractivity contribution in [1.82, 2.24) is 30.8 Å². The number of hydrazine groups is 1. The molecule has 2 heterocycles. The first-order chi connectivity index (χ1) is 15.0. The summed E-state index contributed by atoms with van der Waals surface area (Å²) in [6.07, 6.45) is -2.04. The van der Waals surface area contributed by atoms with Crippen LogP contribution in [0.4, 0.5) is 4.39 Å². The van der Waals surface area contributed by atoms with E-state index in [2.05, 4.69) is 21.3 Å². The van der Waals surface area contributed by atoms with E-state index in [9.17, 15) is 14.3 Å². The number of aliphatic hydroxyl groups is 1. The van der Waals surface area contributed by atoms with Crippen LogP contribution < -0.4 is 16.2 Å². The zero-order valence-corrected chi connectivity index (χ0v) is 19.6. The maximum atomic E-state index is 14.8. The van der Waals surface area contributed by atoms with Gasteiger partial charge in [-0.05, 0) is 36.6 Å². The van der Waals surface area contributed by atoms with Crippen molar-refractivity contribution in [3.05, 3.63) is 42.1 Å². The van der Waals surface area contributed by atoms with Crippen molar-refractivity contribution in [2.24, 2.45) is 12.5 Å². The molecule has 0 radical (unpaired) electrons. The zero-order valence-electron chi connectivity index (χ0n) is 19.6. The number of halogens is 1. The summed E-state index contributed by atoms with van der Waals surface area (Å²) in [6, 6.07) is 9.32. The molecule has 0 unspecified atom stereocenters. The van der Waals surface area contributed by atoms with E-state index in [1.165, 1.54) is 4.90 Å². The van der Waals surface area contributed by atoms with Crippen LogP contribution in [-0.4, -0.2) is 63.8 Å². The lowest BCUT2D eigenvalue weighted by molar-refractivity contribution is -0.138. The first-order valence-electron chi connectivity index (χ1n) is 10.9. The van der Waals surface area contributed by atoms with Gasteiger partial charge in [0.2, 0.25) is 5.91 Å². The van der Waals surface area contributed by atoms with Gasteiger partial charge in [0, 0.05) is 19.3 Å². The normalized spacial score (nSPS) is 23.4. The van der Waals surface area contributed by atoms with E-state index in [1.807, 2.05) is 69.8 Å². The second-order valence-corrected chi connectivity index (χ2v) is 9.51. The molecule has 1 aromatic heterocycles. The smallest absolute Gasteiger partial charge is 0.241 e. The fourth-order valence-corrected chi connectivity index (χ4v) is 4.17. The quantitative estimate of drug-likeness (QED) is 0.484. The number of alkyl halides is 1. The monoisotopic (exact) mass is 446 g/mol. The summed E-state index contributed by atoms with van der Waals surface area (Å²) < 4.78 is 16.6. The van der Waals surface area contributed by atoms with Gasteiger partial charge in [0.05, 0.1) is 18.3 Å². The lowest BCUT2D eigenvalue weighted by Gasteiger charge is -2.35. The van der Waals surface area contributed by atoms with Crippen molar-refractivity contribution < 1.29 is 14.3 Å². The molecule has 5 atom stereocenters. The number of hydrogen-bond donors (Lipinski definition) is 4. The van der Waals surface area contributed by atoms with Gasteiger partial charge >= 0.3 is 0 Å². The van der Waals surface area contributed by atoms with Crippen molar-refractivity contribution in [2.75, 3.05) is 13.6 Å². The van der Waals surface area contributed by atoms with E-state index in [0.717, 1.165) is 16.8 Å². The second kappa shape index (κ2) is 9.66. The minimum atomic E-state index is -1.59. The lowest BCUT2D eigenvalue weighted by atomic mass is 9.86. The number of benzene rings is 1. The van der Waals surface area contributed by atoms with E-state index >= 15 is 0 Å². The minimum Gasteiger partial charge on any atom is -0.388 e. The molecule has 0 spiro atoms. The highest BCUT2D eigenvalue weighted by molar-refractivity contribution is 5.83. The van der Waals surface area contributed by atoms with E-state index in [0.29, 0.717) is 0 Å². The van der Waals surface area contributed by atoms with Crippen LogP contribution in [0.5, 0.6) is 0 Å². The number of likely N-dealkylation sites (tertiary alicyclic amines) is 1. The number of carbonyl (C=O) groups excluding carboxylic acids is 1. The molecule has 176 valence electrons. The van der Waals surface area contributed by atoms with Gasteiger partial charge in [-0.1, -0.05) is 45.0 Å². The van der Waals surface area contributed by atoms with Gasteiger partial charge in [0.25, 0.3) is 0 Å². The van der Waals surface area contributed by atoms with Crippen LogP contribution in [0.2, 0.25) is 0 Å². The Morgan fingerprint density at radius 1 is 1.25 bits per heavy atom. The van der Waals surface area contributed by atoms with Crippen LogP contribution >= 0.6 is 0 Å². The van der Waals surface area contributed by atoms with Gasteiger partial charge in [0.15, 0.2) is 6.17 Å². The molecule has 2 aromatic rings. The highest BCUT2D eigenvalue weighted by Crippen LogP contribution is 2.27. The minimum absolute atomic E-state index is 0.0542. The number of aliphatic hydroxyl groups excluding tert-OH is 1. The van der Waals surface area contributed by atoms with Crippen LogP contribution in [-0.2, 0) is 11.8 Å². The molecular formula is C23H35FN6O2. The SMILES string of the molecule is CN[C@H](C(=O)N1C[C@H](O)[C@H](F)[C@H]1NN[C@@H](C)c1ccc(-c2ccnn2C)cc1)C(C)(C)C. The van der Waals surface area contributed by atoms with Crippen LogP contribution in [0.3, 0.4) is 0 Å². The number of carbonyl (C=O) groups is 1. The molecule has 1 saturated heterocycles. The van der Waals surface area contributed by atoms with Crippen molar-refractivity contribution in [1.29, 1.82) is 0 Å². The number of aryl methyl sites for hydroxylation is 1. The molecule has 1 fully saturated rings. The Balaban J connectivity index is 1.68. The molecule has 4 N–H and O–H groups in total. The molecule has 1 aliphatic rings. The van der Waals surface area contributed by atoms with Crippen LogP contribution in [0.1, 0.15) is 39.3 Å². The Morgan fingerprint density at radius 2 is 1.91 bits per heavy atom. The predicted octanol–water partition coefficient (Wildman–Crippen LogP) is 1.74. The Kier molecular flexibility index (Phi) is 7.34. The fraction of sp³-hybridized carbons (Fsp3) is 0.565. The highest BCUT2D eigenvalue weighted by atomic mass is 19.1. The average Bonchev–Trinajstić information content (AvgIpc) is 3.29. The number of likely N-dealkylation sites (N-methyl/N-ethyl adjacent to an activating group) is 1. The molecule has 0 saturated carbocycles. The first kappa shape index (κ1) is 24.3. The molecule has 1 amide bonds. The van der Waals surface area contributed by atoms with Gasteiger partial charge in [-0.3, -0.25) is 9.48 Å². The Labute approximate surface area is 189 Å². The topological polar surface area (TPSA) is 94.5 Å². The average molecular weight is 447 g/mol. The van der Waals surface area contributed by atoms with Crippen molar-refractivity contribution in [3.8, 4) is 11.3 Å². The Hall–Kier alpha value is -2.33. The van der Waals surface area contributed by atoms with Gasteiger partial charge in [-0.2, -0.15) is 5.10 Å². The van der Waals surface area contributed by atoms with E-state index in [4.69, 9.17) is 0 Å². The number of amides is 1. The van der Waals surface area contributed by atoms with E-state index < -0.39 is 24.5 Å². The van der Waals surface area contributed by atoms with Gasteiger partial charge in [0.1, 0.15) is 12.3 Å². The summed E-state index contributed by atoms with van der Waals surface area (Å²) in [4.78, 5) is 14.5. The number of rotatable bonds is 7. The lowest BCUT2D eigenvalue weighted by Crippen LogP contribution is -2.59. The molecule has 0 bridgehead atoms. The summed E-state index contributed by atoms with van der Waals surface area (Å²) in [5.41, 5.74) is 8.77. The zero-order chi connectivity index (χ0) is 23.6. The molecule has 1 aromatic carbocycles. The third-order valence-corrected chi connectivity index (χ3v) is 6.05. The number of aromatic nitrogens is 2. The maximum absolute atomic E-state index is 14.8. The summed E-state index contributed by atoms with van der Waals surface area (Å²) >= 11 is 0. The summed E-state index contributed by atoms with van der Waals surface area (Å²) in [5.74, 6) is -0.244. The third-order valence-electron chi connectivity index (χ3n) is 6.05. The van der Waals surface area contributed by atoms with Crippen molar-refractivity contribution >= 4 is 5.91 Å². The molecule has 8 nitrogen and oxygen atoms in total. The predicted molar refractivity (Wildman–Crippen MR) is 122 cm³/mol. The first-order valence-corrected chi connectivity index (χ1v) is 10.9. The molecule has 3 rings (SSSR count). The highest BCUT2D eigenvalue weighted by Gasteiger charge is 2.47. The maximum Gasteiger partial charge on any atom is 0.241 e. The summed E-state index contributed by atoms with van der Waals surface area (Å²) in [7, 11) is 3.61. The van der Waals surface area contributed by atoms with E-state index in [-0.39, 0.29) is 23.9 Å². The van der Waals surface area contributed by atoms with Crippen molar-refractivity contribution in [3.63, 3.8) is 0 Å². The number of hydrogen-bond acceptors (Lipinski definition) is 6. The molecule has 9 heteroatoms. The summed E-state index contributed by atoms with van der Waals surface area (Å²) in [6.45, 7) is 7.74. The van der Waals surface area contributed by atoms with Gasteiger partial charge in [-0.15, -0.1) is 0 Å². The Morgan fingerprint density at radius 3 is 2.44 bits per heavy atom. The third kappa shape index (κ3) is 5.01. The molecule has 1 aliphatic heterocycles. The molecule has 0 aliphatic carbocycles. The Bertz CT molecular complexity index is 910. The summed E-state index contributed by atoms with van der Waals surface area (Å²) in [5, 5.41) is 17.3. The van der Waals surface area contributed by atoms with Crippen LogP contribution in [0, 0.1) is 5.41 Å². The van der Waals surface area contributed by atoms with Crippen LogP contribution in [0.15, 0.2) is 36.5 Å². The van der Waals surface area contributed by atoms with Crippen molar-refractivity contribution in [2.45, 2.75) is 58.2 Å².